The molecule has 0 heterocycles. The number of nitrogens with zero attached hydrogens (tertiary/aromatic N) is 4. The predicted molar refractivity (Wildman–Crippen MR) is 84.5 cm³/mol. The van der Waals surface area contributed by atoms with Crippen LogP contribution in [-0.4, -0.2) is 15.0 Å². The minimum atomic E-state index is -0.738. The fourth-order valence-corrected chi connectivity index (χ4v) is 2.33. The van der Waals surface area contributed by atoms with Gasteiger partial charge in [-0.2, -0.15) is 5.11 Å². The summed E-state index contributed by atoms with van der Waals surface area (Å²) in [4.78, 5) is 20.8. The van der Waals surface area contributed by atoms with Gasteiger partial charge in [-0.3, -0.25) is 20.2 Å². The molecule has 0 aromatic heterocycles. The molecule has 0 spiro atoms. The third-order valence-corrected chi connectivity index (χ3v) is 3.55. The summed E-state index contributed by atoms with van der Waals surface area (Å²) in [5.41, 5.74) is -0.741. The summed E-state index contributed by atoms with van der Waals surface area (Å²) in [6.45, 7) is 1.28. The fourth-order valence-electron chi connectivity index (χ4n) is 1.84. The van der Waals surface area contributed by atoms with E-state index < -0.39 is 15.5 Å². The van der Waals surface area contributed by atoms with E-state index in [4.69, 9.17) is 0 Å². The van der Waals surface area contributed by atoms with Gasteiger partial charge in [-0.15, -0.1) is 5.11 Å². The van der Waals surface area contributed by atoms with E-state index in [0.717, 1.165) is 6.07 Å². The van der Waals surface area contributed by atoms with Gasteiger partial charge in [0.2, 0.25) is 0 Å². The van der Waals surface area contributed by atoms with Gasteiger partial charge in [0.05, 0.1) is 20.0 Å². The summed E-state index contributed by atoms with van der Waals surface area (Å²) in [5, 5.41) is 39.1. The summed E-state index contributed by atoms with van der Waals surface area (Å²) in [6.07, 6.45) is 0. The normalized spacial score (nSPS) is 10.9. The van der Waals surface area contributed by atoms with Crippen molar-refractivity contribution in [3.8, 4) is 5.75 Å². The van der Waals surface area contributed by atoms with Crippen LogP contribution in [0.1, 0.15) is 5.56 Å². The minimum absolute atomic E-state index is 0.0438. The molecule has 2 rings (SSSR count). The summed E-state index contributed by atoms with van der Waals surface area (Å²) >= 11 is 3.05. The fraction of sp³-hybridized carbons (Fsp3) is 0.0769. The van der Waals surface area contributed by atoms with Crippen LogP contribution in [-0.2, 0) is 0 Å². The highest BCUT2D eigenvalue weighted by Crippen LogP contribution is 2.43. The molecule has 0 fully saturated rings. The Hall–Kier alpha value is -2.88. The lowest BCUT2D eigenvalue weighted by molar-refractivity contribution is -0.394. The van der Waals surface area contributed by atoms with Gasteiger partial charge in [0.1, 0.15) is 11.3 Å². The Morgan fingerprint density at radius 1 is 1.09 bits per heavy atom. The summed E-state index contributed by atoms with van der Waals surface area (Å²) in [6, 6.07) is 6.86. The van der Waals surface area contributed by atoms with Gasteiger partial charge in [-0.1, -0.05) is 0 Å². The quantitative estimate of drug-likeness (QED) is 0.466. The monoisotopic (exact) mass is 380 g/mol. The van der Waals surface area contributed by atoms with Crippen LogP contribution in [0.4, 0.5) is 22.7 Å². The first-order chi connectivity index (χ1) is 10.8. The average molecular weight is 381 g/mol. The number of nitro groups is 2. The highest BCUT2D eigenvalue weighted by atomic mass is 79.9. The number of aromatic hydroxyl groups is 1. The molecule has 9 nitrogen and oxygen atoms in total. The van der Waals surface area contributed by atoms with Crippen LogP contribution in [0.25, 0.3) is 0 Å². The molecule has 10 heteroatoms. The zero-order valence-electron chi connectivity index (χ0n) is 11.6. The second-order valence-electron chi connectivity index (χ2n) is 4.43. The SMILES string of the molecule is Cc1c([N+](=O)[O-])cc(Br)c(N=Nc2ccc(O)cc2)c1[N+](=O)[O-]. The largest absolute Gasteiger partial charge is 0.508 e. The molecule has 2 aromatic carbocycles. The number of halogens is 1. The molecule has 23 heavy (non-hydrogen) atoms. The molecule has 0 atom stereocenters. The van der Waals surface area contributed by atoms with Crippen LogP contribution in [0.2, 0.25) is 0 Å². The smallest absolute Gasteiger partial charge is 0.307 e. The number of phenols is 1. The van der Waals surface area contributed by atoms with Gasteiger partial charge in [-0.05, 0) is 47.1 Å². The number of nitro benzene ring substituents is 2. The predicted octanol–water partition coefficient (Wildman–Crippen LogP) is 4.69. The number of phenolic OH excluding ortho intramolecular Hbond substituents is 1. The van der Waals surface area contributed by atoms with Crippen molar-refractivity contribution < 1.29 is 15.0 Å². The van der Waals surface area contributed by atoms with Gasteiger partial charge < -0.3 is 5.11 Å². The Kier molecular flexibility index (Phi) is 4.65. The van der Waals surface area contributed by atoms with Crippen molar-refractivity contribution in [3.05, 3.63) is 60.6 Å². The summed E-state index contributed by atoms with van der Waals surface area (Å²) in [7, 11) is 0. The van der Waals surface area contributed by atoms with Gasteiger partial charge in [0, 0.05) is 6.07 Å². The molecule has 118 valence electrons. The van der Waals surface area contributed by atoms with Crippen LogP contribution < -0.4 is 0 Å². The molecule has 0 unspecified atom stereocenters. The molecule has 0 saturated heterocycles. The van der Waals surface area contributed by atoms with E-state index in [1.807, 2.05) is 0 Å². The minimum Gasteiger partial charge on any atom is -0.508 e. The number of hydrogen-bond donors (Lipinski definition) is 1. The van der Waals surface area contributed by atoms with Crippen LogP contribution in [0.15, 0.2) is 45.0 Å². The topological polar surface area (TPSA) is 131 Å². The van der Waals surface area contributed by atoms with E-state index in [0.29, 0.717) is 5.69 Å². The van der Waals surface area contributed by atoms with Crippen molar-refractivity contribution in [3.63, 3.8) is 0 Å². The van der Waals surface area contributed by atoms with Gasteiger partial charge in [0.25, 0.3) is 5.69 Å². The number of azo groups is 1. The Bertz CT molecular complexity index is 820. The molecule has 0 aliphatic carbocycles. The highest BCUT2D eigenvalue weighted by molar-refractivity contribution is 9.10. The third kappa shape index (κ3) is 3.48. The molecular weight excluding hydrogens is 372 g/mol. The molecule has 0 radical (unpaired) electrons. The van der Waals surface area contributed by atoms with Crippen LogP contribution in [0, 0.1) is 27.2 Å². The Labute approximate surface area is 137 Å². The zero-order chi connectivity index (χ0) is 17.1. The molecule has 2 aromatic rings. The molecule has 0 aliphatic heterocycles. The van der Waals surface area contributed by atoms with Crippen LogP contribution in [0.5, 0.6) is 5.75 Å². The maximum Gasteiger partial charge on any atom is 0.307 e. The van der Waals surface area contributed by atoms with Crippen molar-refractivity contribution in [1.29, 1.82) is 0 Å². The number of benzene rings is 2. The van der Waals surface area contributed by atoms with Crippen molar-refractivity contribution in [2.24, 2.45) is 10.2 Å². The lowest BCUT2D eigenvalue weighted by Gasteiger charge is -2.04. The second kappa shape index (κ2) is 6.48. The summed E-state index contributed by atoms with van der Waals surface area (Å²) in [5.74, 6) is 0.0438. The first kappa shape index (κ1) is 16.5. The van der Waals surface area contributed by atoms with Gasteiger partial charge in [0.15, 0.2) is 5.69 Å². The molecule has 0 aliphatic rings. The van der Waals surface area contributed by atoms with E-state index >= 15 is 0 Å². The van der Waals surface area contributed by atoms with E-state index in [2.05, 4.69) is 26.2 Å². The van der Waals surface area contributed by atoms with Gasteiger partial charge >= 0.3 is 5.69 Å². The average Bonchev–Trinajstić information content (AvgIpc) is 2.48. The lowest BCUT2D eigenvalue weighted by Crippen LogP contribution is -1.98. The van der Waals surface area contributed by atoms with E-state index in [1.54, 1.807) is 0 Å². The first-order valence-electron chi connectivity index (χ1n) is 6.14. The Morgan fingerprint density at radius 2 is 1.70 bits per heavy atom. The number of hydrogen-bond acceptors (Lipinski definition) is 7. The second-order valence-corrected chi connectivity index (χ2v) is 5.28. The zero-order valence-corrected chi connectivity index (χ0v) is 13.2. The van der Waals surface area contributed by atoms with Gasteiger partial charge in [-0.25, -0.2) is 0 Å². The van der Waals surface area contributed by atoms with Crippen molar-refractivity contribution in [2.45, 2.75) is 6.92 Å². The van der Waals surface area contributed by atoms with E-state index in [1.165, 1.54) is 31.2 Å². The maximum atomic E-state index is 11.3. The molecule has 1 N–H and O–H groups in total. The molecular formula is C13H9BrN4O5. The van der Waals surface area contributed by atoms with Crippen molar-refractivity contribution >= 4 is 38.7 Å². The lowest BCUT2D eigenvalue weighted by atomic mass is 10.1. The molecule has 0 saturated carbocycles. The Morgan fingerprint density at radius 3 is 2.22 bits per heavy atom. The van der Waals surface area contributed by atoms with Crippen molar-refractivity contribution in [1.82, 2.24) is 0 Å². The molecule has 0 bridgehead atoms. The summed E-state index contributed by atoms with van der Waals surface area (Å²) < 4.78 is 0.0871. The standard InChI is InChI=1S/C13H9BrN4O5/c1-7-11(17(20)21)6-10(14)12(13(7)18(22)23)16-15-8-2-4-9(19)5-3-8/h2-6,19H,1H3. The third-order valence-electron chi connectivity index (χ3n) is 2.95. The van der Waals surface area contributed by atoms with Crippen LogP contribution >= 0.6 is 15.9 Å². The van der Waals surface area contributed by atoms with Crippen LogP contribution in [0.3, 0.4) is 0 Å². The van der Waals surface area contributed by atoms with Crippen molar-refractivity contribution in [2.75, 3.05) is 0 Å². The first-order valence-corrected chi connectivity index (χ1v) is 6.93. The van der Waals surface area contributed by atoms with E-state index in [9.17, 15) is 25.3 Å². The Balaban J connectivity index is 2.57. The molecule has 0 amide bonds. The highest BCUT2D eigenvalue weighted by Gasteiger charge is 2.29. The maximum absolute atomic E-state index is 11.3. The number of rotatable bonds is 4. The van der Waals surface area contributed by atoms with E-state index in [-0.39, 0.29) is 27.2 Å².